The number of hydrogen-bond donors (Lipinski definition) is 1. The van der Waals surface area contributed by atoms with Crippen LogP contribution in [-0.4, -0.2) is 37.5 Å². The van der Waals surface area contributed by atoms with Crippen LogP contribution in [0.15, 0.2) is 10.3 Å². The number of thiophene rings is 1. The smallest absolute Gasteiger partial charge is 0.252 e. The van der Waals surface area contributed by atoms with Gasteiger partial charge < -0.3 is 5.11 Å². The van der Waals surface area contributed by atoms with E-state index in [0.717, 1.165) is 29.7 Å². The number of hydrogen-bond acceptors (Lipinski definition) is 4. The van der Waals surface area contributed by atoms with E-state index in [1.165, 1.54) is 4.31 Å². The summed E-state index contributed by atoms with van der Waals surface area (Å²) in [5.41, 5.74) is 0.788. The van der Waals surface area contributed by atoms with Gasteiger partial charge in [0.25, 0.3) is 10.0 Å². The Bertz CT molecular complexity index is 507. The molecule has 1 aliphatic heterocycles. The fourth-order valence-corrected chi connectivity index (χ4v) is 5.50. The van der Waals surface area contributed by atoms with Gasteiger partial charge in [-0.25, -0.2) is 8.42 Å². The third kappa shape index (κ3) is 2.72. The molecule has 18 heavy (non-hydrogen) atoms. The molecule has 2 rings (SSSR count). The Morgan fingerprint density at radius 1 is 1.61 bits per heavy atom. The Morgan fingerprint density at radius 2 is 2.33 bits per heavy atom. The SMILES string of the molecule is Cc1cc(S(=O)(=O)N2CCCC(CO)C2)sc1Cl. The first kappa shape index (κ1) is 14.3. The van der Waals surface area contributed by atoms with Crippen LogP contribution >= 0.6 is 22.9 Å². The summed E-state index contributed by atoms with van der Waals surface area (Å²) in [5.74, 6) is 0.0463. The van der Waals surface area contributed by atoms with Gasteiger partial charge in [0, 0.05) is 19.7 Å². The van der Waals surface area contributed by atoms with Gasteiger partial charge in [0.2, 0.25) is 0 Å². The lowest BCUT2D eigenvalue weighted by Crippen LogP contribution is -2.40. The van der Waals surface area contributed by atoms with Crippen molar-refractivity contribution in [2.24, 2.45) is 5.92 Å². The number of piperidine rings is 1. The van der Waals surface area contributed by atoms with E-state index in [-0.39, 0.29) is 12.5 Å². The second-order valence-corrected chi connectivity index (χ2v) is 8.40. The summed E-state index contributed by atoms with van der Waals surface area (Å²) in [5, 5.41) is 9.15. The topological polar surface area (TPSA) is 57.6 Å². The second-order valence-electron chi connectivity index (χ2n) is 4.58. The Labute approximate surface area is 116 Å². The van der Waals surface area contributed by atoms with Crippen LogP contribution in [0.4, 0.5) is 0 Å². The summed E-state index contributed by atoms with van der Waals surface area (Å²) in [7, 11) is -3.45. The number of nitrogens with zero attached hydrogens (tertiary/aromatic N) is 1. The minimum atomic E-state index is -3.45. The molecule has 1 fully saturated rings. The number of aryl methyl sites for hydroxylation is 1. The molecule has 1 unspecified atom stereocenters. The van der Waals surface area contributed by atoms with Gasteiger partial charge in [0.15, 0.2) is 0 Å². The van der Waals surface area contributed by atoms with E-state index in [9.17, 15) is 8.42 Å². The quantitative estimate of drug-likeness (QED) is 0.930. The van der Waals surface area contributed by atoms with Crippen LogP contribution in [0.3, 0.4) is 0 Å². The Kier molecular flexibility index (Phi) is 4.33. The van der Waals surface area contributed by atoms with Crippen LogP contribution in [0.5, 0.6) is 0 Å². The van der Waals surface area contributed by atoms with Crippen molar-refractivity contribution < 1.29 is 13.5 Å². The van der Waals surface area contributed by atoms with E-state index in [1.54, 1.807) is 13.0 Å². The highest BCUT2D eigenvalue weighted by Crippen LogP contribution is 2.33. The monoisotopic (exact) mass is 309 g/mol. The lowest BCUT2D eigenvalue weighted by Gasteiger charge is -2.30. The van der Waals surface area contributed by atoms with Crippen molar-refractivity contribution in [1.82, 2.24) is 4.31 Å². The molecule has 4 nitrogen and oxygen atoms in total. The Balaban J connectivity index is 2.25. The van der Waals surface area contributed by atoms with Gasteiger partial charge in [0.05, 0.1) is 4.34 Å². The zero-order valence-corrected chi connectivity index (χ0v) is 12.5. The third-order valence-corrected chi connectivity index (χ3v) is 7.04. The van der Waals surface area contributed by atoms with Crippen molar-refractivity contribution in [3.63, 3.8) is 0 Å². The van der Waals surface area contributed by atoms with E-state index in [1.807, 2.05) is 0 Å². The Morgan fingerprint density at radius 3 is 2.89 bits per heavy atom. The fraction of sp³-hybridized carbons (Fsp3) is 0.636. The van der Waals surface area contributed by atoms with Crippen molar-refractivity contribution in [2.75, 3.05) is 19.7 Å². The van der Waals surface area contributed by atoms with Gasteiger partial charge in [-0.1, -0.05) is 11.6 Å². The molecule has 0 spiro atoms. The van der Waals surface area contributed by atoms with Gasteiger partial charge in [0.1, 0.15) is 4.21 Å². The van der Waals surface area contributed by atoms with Crippen LogP contribution in [-0.2, 0) is 10.0 Å². The first-order chi connectivity index (χ1) is 8.45. The second kappa shape index (κ2) is 5.46. The normalized spacial score (nSPS) is 22.3. The predicted molar refractivity (Wildman–Crippen MR) is 72.6 cm³/mol. The average molecular weight is 310 g/mol. The summed E-state index contributed by atoms with van der Waals surface area (Å²) in [4.78, 5) is 0. The standard InChI is InChI=1S/C11H16ClNO3S2/c1-8-5-10(17-11(8)12)18(15,16)13-4-2-3-9(6-13)7-14/h5,9,14H,2-4,6-7H2,1H3. The lowest BCUT2D eigenvalue weighted by molar-refractivity contribution is 0.165. The number of rotatable bonds is 3. The molecule has 0 amide bonds. The highest BCUT2D eigenvalue weighted by Gasteiger charge is 2.31. The molecule has 1 aliphatic rings. The average Bonchev–Trinajstić information content (AvgIpc) is 2.70. The van der Waals surface area contributed by atoms with E-state index in [0.29, 0.717) is 21.6 Å². The molecule has 102 valence electrons. The van der Waals surface area contributed by atoms with E-state index in [4.69, 9.17) is 16.7 Å². The molecule has 0 radical (unpaired) electrons. The molecule has 7 heteroatoms. The van der Waals surface area contributed by atoms with Crippen molar-refractivity contribution in [1.29, 1.82) is 0 Å². The van der Waals surface area contributed by atoms with Crippen molar-refractivity contribution >= 4 is 33.0 Å². The number of sulfonamides is 1. The Hall–Kier alpha value is -0.140. The van der Waals surface area contributed by atoms with Crippen LogP contribution in [0.2, 0.25) is 4.34 Å². The minimum Gasteiger partial charge on any atom is -0.396 e. The van der Waals surface area contributed by atoms with E-state index >= 15 is 0 Å². The van der Waals surface area contributed by atoms with Gasteiger partial charge in [-0.15, -0.1) is 11.3 Å². The number of halogens is 1. The maximum atomic E-state index is 12.4. The van der Waals surface area contributed by atoms with Crippen LogP contribution < -0.4 is 0 Å². The van der Waals surface area contributed by atoms with Crippen LogP contribution in [0.25, 0.3) is 0 Å². The highest BCUT2D eigenvalue weighted by molar-refractivity contribution is 7.91. The molecule has 0 aliphatic carbocycles. The maximum absolute atomic E-state index is 12.4. The van der Waals surface area contributed by atoms with Gasteiger partial charge in [-0.2, -0.15) is 4.31 Å². The molecule has 1 aromatic rings. The zero-order chi connectivity index (χ0) is 13.3. The van der Waals surface area contributed by atoms with Gasteiger partial charge in [-0.3, -0.25) is 0 Å². The van der Waals surface area contributed by atoms with E-state index < -0.39 is 10.0 Å². The maximum Gasteiger partial charge on any atom is 0.252 e. The van der Waals surface area contributed by atoms with E-state index in [2.05, 4.69) is 0 Å². The predicted octanol–water partition coefficient (Wildman–Crippen LogP) is 2.10. The molecule has 0 saturated carbocycles. The molecule has 1 aromatic heterocycles. The van der Waals surface area contributed by atoms with Gasteiger partial charge in [-0.05, 0) is 37.3 Å². The summed E-state index contributed by atoms with van der Waals surface area (Å²) >= 11 is 7.02. The van der Waals surface area contributed by atoms with Crippen LogP contribution in [0.1, 0.15) is 18.4 Å². The largest absolute Gasteiger partial charge is 0.396 e. The number of aliphatic hydroxyl groups is 1. The van der Waals surface area contributed by atoms with Crippen molar-refractivity contribution in [3.8, 4) is 0 Å². The third-order valence-electron chi connectivity index (χ3n) is 3.17. The van der Waals surface area contributed by atoms with Gasteiger partial charge >= 0.3 is 0 Å². The molecule has 1 saturated heterocycles. The van der Waals surface area contributed by atoms with Crippen molar-refractivity contribution in [3.05, 3.63) is 16.0 Å². The summed E-state index contributed by atoms with van der Waals surface area (Å²) in [6, 6.07) is 1.62. The summed E-state index contributed by atoms with van der Waals surface area (Å²) in [6.45, 7) is 2.75. The molecular weight excluding hydrogens is 294 g/mol. The molecular formula is C11H16ClNO3S2. The molecule has 1 N–H and O–H groups in total. The van der Waals surface area contributed by atoms with Crippen LogP contribution in [0, 0.1) is 12.8 Å². The first-order valence-electron chi connectivity index (χ1n) is 5.82. The summed E-state index contributed by atoms with van der Waals surface area (Å²) < 4.78 is 27.1. The fourth-order valence-electron chi connectivity index (χ4n) is 2.08. The summed E-state index contributed by atoms with van der Waals surface area (Å²) in [6.07, 6.45) is 1.68. The molecule has 2 heterocycles. The number of aliphatic hydroxyl groups excluding tert-OH is 1. The zero-order valence-electron chi connectivity index (χ0n) is 10.1. The highest BCUT2D eigenvalue weighted by atomic mass is 35.5. The molecule has 0 aromatic carbocycles. The first-order valence-corrected chi connectivity index (χ1v) is 8.45. The molecule has 0 bridgehead atoms. The lowest BCUT2D eigenvalue weighted by atomic mass is 10.0. The van der Waals surface area contributed by atoms with Crippen molar-refractivity contribution in [2.45, 2.75) is 24.0 Å². The molecule has 1 atom stereocenters. The minimum absolute atomic E-state index is 0.0379.